The topological polar surface area (TPSA) is 112 Å². The summed E-state index contributed by atoms with van der Waals surface area (Å²) in [4.78, 5) is 24.2. The zero-order valence-corrected chi connectivity index (χ0v) is 17.9. The molecular formula is C23H24N6O3. The normalized spacial score (nSPS) is 11.2. The van der Waals surface area contributed by atoms with Crippen molar-refractivity contribution >= 4 is 12.2 Å². The van der Waals surface area contributed by atoms with Crippen molar-refractivity contribution in [2.45, 2.75) is 13.1 Å². The van der Waals surface area contributed by atoms with Crippen LogP contribution in [0.1, 0.15) is 11.1 Å². The van der Waals surface area contributed by atoms with E-state index in [4.69, 9.17) is 15.2 Å². The lowest BCUT2D eigenvalue weighted by Gasteiger charge is -2.07. The van der Waals surface area contributed by atoms with E-state index < -0.39 is 0 Å². The summed E-state index contributed by atoms with van der Waals surface area (Å²) in [5.41, 5.74) is 8.50. The lowest BCUT2D eigenvalue weighted by atomic mass is 10.2. The molecule has 0 saturated carbocycles. The van der Waals surface area contributed by atoms with Gasteiger partial charge in [-0.1, -0.05) is 24.3 Å². The number of aliphatic imine (C=N–C) groups is 1. The van der Waals surface area contributed by atoms with Crippen LogP contribution in [0.15, 0.2) is 70.8 Å². The van der Waals surface area contributed by atoms with Gasteiger partial charge in [-0.25, -0.2) is 14.8 Å². The second-order valence-electron chi connectivity index (χ2n) is 7.12. The van der Waals surface area contributed by atoms with Crippen molar-refractivity contribution in [2.75, 3.05) is 14.2 Å². The van der Waals surface area contributed by atoms with E-state index in [1.54, 1.807) is 31.3 Å². The molecule has 0 aliphatic carbocycles. The van der Waals surface area contributed by atoms with Crippen LogP contribution in [0, 0.1) is 0 Å². The van der Waals surface area contributed by atoms with Crippen molar-refractivity contribution in [1.82, 2.24) is 19.1 Å². The van der Waals surface area contributed by atoms with E-state index in [2.05, 4.69) is 15.0 Å². The molecule has 2 aromatic heterocycles. The highest BCUT2D eigenvalue weighted by Gasteiger charge is 2.16. The Morgan fingerprint density at radius 1 is 0.969 bits per heavy atom. The van der Waals surface area contributed by atoms with Crippen molar-refractivity contribution < 1.29 is 9.47 Å². The van der Waals surface area contributed by atoms with E-state index in [1.165, 1.54) is 6.34 Å². The summed E-state index contributed by atoms with van der Waals surface area (Å²) in [6.07, 6.45) is 4.64. The third kappa shape index (κ3) is 4.41. The van der Waals surface area contributed by atoms with Gasteiger partial charge in [0, 0.05) is 6.20 Å². The highest BCUT2D eigenvalue weighted by molar-refractivity contribution is 5.70. The molecule has 32 heavy (non-hydrogen) atoms. The van der Waals surface area contributed by atoms with Crippen molar-refractivity contribution in [2.24, 2.45) is 10.7 Å². The molecule has 0 amide bonds. The zero-order chi connectivity index (χ0) is 22.5. The van der Waals surface area contributed by atoms with Crippen molar-refractivity contribution in [3.8, 4) is 22.9 Å². The number of hydrogen-bond donors (Lipinski definition) is 2. The first kappa shape index (κ1) is 21.0. The summed E-state index contributed by atoms with van der Waals surface area (Å²) in [5.74, 6) is 2.11. The molecule has 0 aliphatic rings. The maximum Gasteiger partial charge on any atom is 0.326 e. The van der Waals surface area contributed by atoms with Crippen molar-refractivity contribution in [3.63, 3.8) is 0 Å². The summed E-state index contributed by atoms with van der Waals surface area (Å²) in [7, 11) is 3.25. The number of nitrogens with one attached hydrogen (secondary N) is 1. The predicted octanol–water partition coefficient (Wildman–Crippen LogP) is 2.77. The van der Waals surface area contributed by atoms with Crippen LogP contribution < -0.4 is 20.9 Å². The average molecular weight is 432 g/mol. The quantitative estimate of drug-likeness (QED) is 0.328. The molecule has 9 heteroatoms. The number of nitrogens with two attached hydrogens (primary N) is 1. The Kier molecular flexibility index (Phi) is 6.07. The molecule has 4 aromatic rings. The number of rotatable bonds is 8. The Morgan fingerprint density at radius 2 is 1.53 bits per heavy atom. The summed E-state index contributed by atoms with van der Waals surface area (Å²) in [6, 6.07) is 15.3. The Morgan fingerprint density at radius 3 is 2.06 bits per heavy atom. The van der Waals surface area contributed by atoms with Crippen LogP contribution in [-0.2, 0) is 13.1 Å². The van der Waals surface area contributed by atoms with E-state index in [9.17, 15) is 4.79 Å². The summed E-state index contributed by atoms with van der Waals surface area (Å²) in [5, 5.41) is 0. The third-order valence-electron chi connectivity index (χ3n) is 5.07. The molecule has 164 valence electrons. The van der Waals surface area contributed by atoms with Gasteiger partial charge in [0.25, 0.3) is 0 Å². The Hall–Kier alpha value is -4.27. The molecule has 2 heterocycles. The van der Waals surface area contributed by atoms with Gasteiger partial charge in [-0.05, 0) is 35.4 Å². The number of nitrogens with zero attached hydrogens (tertiary/aromatic N) is 4. The first-order valence-corrected chi connectivity index (χ1v) is 9.96. The van der Waals surface area contributed by atoms with Crippen molar-refractivity contribution in [3.05, 3.63) is 82.7 Å². The molecule has 3 N–H and O–H groups in total. The van der Waals surface area contributed by atoms with Gasteiger partial charge in [0.2, 0.25) is 0 Å². The fourth-order valence-corrected chi connectivity index (χ4v) is 3.41. The van der Waals surface area contributed by atoms with E-state index in [0.717, 1.165) is 22.6 Å². The maximum atomic E-state index is 12.5. The molecule has 0 spiro atoms. The molecule has 0 bridgehead atoms. The second-order valence-corrected chi connectivity index (χ2v) is 7.12. The van der Waals surface area contributed by atoms with Crippen LogP contribution >= 0.6 is 0 Å². The van der Waals surface area contributed by atoms with E-state index >= 15 is 0 Å². The fourth-order valence-electron chi connectivity index (χ4n) is 3.41. The number of imidazole rings is 2. The molecule has 0 fully saturated rings. The number of H-pyrrole nitrogens is 1. The summed E-state index contributed by atoms with van der Waals surface area (Å²) in [6.45, 7) is 0.960. The standard InChI is InChI=1S/C23H24N6O3/c1-31-18-7-3-16(4-8-18)11-28-13-20(27-23(28)30)21-22(25-14-24)29(15-26-21)12-17-5-9-19(32-2)10-6-17/h3-10,13-15H,11-12H2,1-2H3,(H2,24,25)(H,27,30). The smallest absolute Gasteiger partial charge is 0.326 e. The molecule has 9 nitrogen and oxygen atoms in total. The Bertz CT molecular complexity index is 1270. The van der Waals surface area contributed by atoms with E-state index in [-0.39, 0.29) is 5.69 Å². The molecule has 2 aromatic carbocycles. The largest absolute Gasteiger partial charge is 0.497 e. The van der Waals surface area contributed by atoms with Crippen LogP contribution in [-0.4, -0.2) is 39.7 Å². The summed E-state index contributed by atoms with van der Waals surface area (Å²) >= 11 is 0. The molecule has 4 rings (SSSR count). The zero-order valence-electron chi connectivity index (χ0n) is 17.9. The molecule has 0 unspecified atom stereocenters. The van der Waals surface area contributed by atoms with Crippen LogP contribution in [0.2, 0.25) is 0 Å². The van der Waals surface area contributed by atoms with Gasteiger partial charge < -0.3 is 24.8 Å². The summed E-state index contributed by atoms with van der Waals surface area (Å²) < 4.78 is 13.9. The molecule has 0 atom stereocenters. The van der Waals surface area contributed by atoms with Gasteiger partial charge >= 0.3 is 5.69 Å². The number of hydrogen-bond acceptors (Lipinski definition) is 5. The van der Waals surface area contributed by atoms with Crippen molar-refractivity contribution in [1.29, 1.82) is 0 Å². The fraction of sp³-hybridized carbons (Fsp3) is 0.174. The number of aromatic nitrogens is 4. The van der Waals surface area contributed by atoms with E-state index in [1.807, 2.05) is 53.1 Å². The minimum Gasteiger partial charge on any atom is -0.497 e. The number of aromatic amines is 1. The number of methoxy groups -OCH3 is 2. The molecule has 0 saturated heterocycles. The molecule has 0 radical (unpaired) electrons. The minimum atomic E-state index is -0.233. The Labute approximate surface area is 184 Å². The maximum absolute atomic E-state index is 12.5. The second kappa shape index (κ2) is 9.25. The SMILES string of the molecule is COc1ccc(Cn2cnc(-c3cn(Cc4ccc(OC)cc4)c(=O)[nH]3)c2N=CN)cc1. The molecular weight excluding hydrogens is 408 g/mol. The lowest BCUT2D eigenvalue weighted by molar-refractivity contribution is 0.414. The lowest BCUT2D eigenvalue weighted by Crippen LogP contribution is -2.16. The Balaban J connectivity index is 1.61. The van der Waals surface area contributed by atoms with Crippen LogP contribution in [0.3, 0.4) is 0 Å². The monoisotopic (exact) mass is 432 g/mol. The minimum absolute atomic E-state index is 0.233. The predicted molar refractivity (Wildman–Crippen MR) is 123 cm³/mol. The van der Waals surface area contributed by atoms with E-state index in [0.29, 0.717) is 30.3 Å². The third-order valence-corrected chi connectivity index (χ3v) is 5.07. The first-order valence-electron chi connectivity index (χ1n) is 9.96. The van der Waals surface area contributed by atoms with Crippen LogP contribution in [0.4, 0.5) is 5.82 Å². The first-order chi connectivity index (χ1) is 15.6. The highest BCUT2D eigenvalue weighted by atomic mass is 16.5. The van der Waals surface area contributed by atoms with Crippen LogP contribution in [0.5, 0.6) is 11.5 Å². The van der Waals surface area contributed by atoms with Gasteiger partial charge in [-0.3, -0.25) is 4.57 Å². The number of benzene rings is 2. The van der Waals surface area contributed by atoms with Gasteiger partial charge in [0.15, 0.2) is 5.82 Å². The average Bonchev–Trinajstić information content (AvgIpc) is 3.38. The van der Waals surface area contributed by atoms with Gasteiger partial charge in [0.05, 0.1) is 45.7 Å². The van der Waals surface area contributed by atoms with Gasteiger partial charge in [-0.2, -0.15) is 0 Å². The highest BCUT2D eigenvalue weighted by Crippen LogP contribution is 2.28. The van der Waals surface area contributed by atoms with Gasteiger partial charge in [0.1, 0.15) is 17.2 Å². The number of ether oxygens (including phenoxy) is 2. The van der Waals surface area contributed by atoms with Gasteiger partial charge in [-0.15, -0.1) is 0 Å². The van der Waals surface area contributed by atoms with Crippen LogP contribution in [0.25, 0.3) is 11.4 Å². The molecule has 0 aliphatic heterocycles.